The first-order valence-corrected chi connectivity index (χ1v) is 14.0. The first kappa shape index (κ1) is 22.9. The zero-order valence-electron chi connectivity index (χ0n) is 20.2. The van der Waals surface area contributed by atoms with E-state index in [9.17, 15) is 4.79 Å². The number of pyridine rings is 1. The molecule has 1 amide bonds. The molecule has 1 aromatic carbocycles. The maximum Gasteiger partial charge on any atom is 0.258 e. The maximum absolute atomic E-state index is 12.9. The molecule has 0 bridgehead atoms. The highest BCUT2D eigenvalue weighted by molar-refractivity contribution is 8.04. The molecule has 0 radical (unpaired) electrons. The average molecular weight is 487 g/mol. The third-order valence-electron chi connectivity index (χ3n) is 8.13. The number of benzene rings is 1. The number of aromatic nitrogens is 2. The lowest BCUT2D eigenvalue weighted by Gasteiger charge is -2.36. The average Bonchev–Trinajstić information content (AvgIpc) is 3.33. The number of carbonyl (C=O) groups excluding carboxylic acids is 1. The van der Waals surface area contributed by atoms with Gasteiger partial charge in [0.25, 0.3) is 5.91 Å². The second-order valence-electron chi connectivity index (χ2n) is 10.4. The van der Waals surface area contributed by atoms with Crippen molar-refractivity contribution in [3.05, 3.63) is 70.9 Å². The quantitative estimate of drug-likeness (QED) is 0.494. The summed E-state index contributed by atoms with van der Waals surface area (Å²) in [6.45, 7) is 4.50. The third kappa shape index (κ3) is 5.05. The second-order valence-corrected chi connectivity index (χ2v) is 11.5. The number of imidazole rings is 1. The summed E-state index contributed by atoms with van der Waals surface area (Å²) in [7, 11) is 0. The first-order valence-electron chi connectivity index (χ1n) is 13.1. The van der Waals surface area contributed by atoms with E-state index in [2.05, 4.69) is 56.0 Å². The van der Waals surface area contributed by atoms with Gasteiger partial charge in [0.1, 0.15) is 5.65 Å². The Hall–Kier alpha value is -2.57. The minimum Gasteiger partial charge on any atom is -0.351 e. The lowest BCUT2D eigenvalue weighted by Crippen LogP contribution is -2.38. The summed E-state index contributed by atoms with van der Waals surface area (Å²) >= 11 is 1.53. The van der Waals surface area contributed by atoms with Gasteiger partial charge in [0, 0.05) is 13.1 Å². The first-order chi connectivity index (χ1) is 17.2. The Kier molecular flexibility index (Phi) is 6.66. The summed E-state index contributed by atoms with van der Waals surface area (Å²) in [5, 5.41) is 4.28. The molecule has 1 saturated heterocycles. The van der Waals surface area contributed by atoms with Crippen LogP contribution in [-0.4, -0.2) is 46.4 Å². The fourth-order valence-electron chi connectivity index (χ4n) is 6.08. The van der Waals surface area contributed by atoms with E-state index in [1.165, 1.54) is 75.5 Å². The van der Waals surface area contributed by atoms with Gasteiger partial charge < -0.3 is 10.2 Å². The van der Waals surface area contributed by atoms with Gasteiger partial charge in [0.15, 0.2) is 0 Å². The van der Waals surface area contributed by atoms with Gasteiger partial charge >= 0.3 is 0 Å². The number of nitrogens with one attached hydrogen (secondary N) is 1. The molecule has 6 rings (SSSR count). The number of nitrogens with zero attached hydrogens (tertiary/aromatic N) is 3. The summed E-state index contributed by atoms with van der Waals surface area (Å²) in [5.41, 5.74) is 3.42. The molecule has 6 heteroatoms. The topological polar surface area (TPSA) is 49.6 Å². The van der Waals surface area contributed by atoms with Crippen LogP contribution in [0, 0.1) is 11.8 Å². The molecule has 4 heterocycles. The van der Waals surface area contributed by atoms with Crippen molar-refractivity contribution in [3.63, 3.8) is 0 Å². The summed E-state index contributed by atoms with van der Waals surface area (Å²) < 4.78 is 2.10. The van der Waals surface area contributed by atoms with Crippen molar-refractivity contribution in [2.45, 2.75) is 49.5 Å². The van der Waals surface area contributed by atoms with Gasteiger partial charge in [-0.25, -0.2) is 4.98 Å². The Balaban J connectivity index is 0.936. The fraction of sp³-hybridized carbons (Fsp3) is 0.448. The molecule has 1 saturated carbocycles. The van der Waals surface area contributed by atoms with Crippen LogP contribution in [0.15, 0.2) is 64.7 Å². The highest BCUT2D eigenvalue weighted by atomic mass is 32.2. The van der Waals surface area contributed by atoms with E-state index < -0.39 is 0 Å². The summed E-state index contributed by atoms with van der Waals surface area (Å²) in [4.78, 5) is 20.8. The van der Waals surface area contributed by atoms with Crippen molar-refractivity contribution in [1.82, 2.24) is 19.6 Å². The van der Waals surface area contributed by atoms with E-state index in [1.54, 1.807) is 0 Å². The molecule has 1 aliphatic carbocycles. The van der Waals surface area contributed by atoms with Crippen LogP contribution in [0.5, 0.6) is 0 Å². The van der Waals surface area contributed by atoms with Crippen molar-refractivity contribution >= 4 is 29.4 Å². The molecule has 182 valence electrons. The van der Waals surface area contributed by atoms with E-state index in [1.807, 2.05) is 24.4 Å². The van der Waals surface area contributed by atoms with Gasteiger partial charge in [-0.2, -0.15) is 0 Å². The van der Waals surface area contributed by atoms with E-state index >= 15 is 0 Å². The molecule has 5 nitrogen and oxygen atoms in total. The number of thioether (sulfide) groups is 1. The number of piperidine rings is 1. The van der Waals surface area contributed by atoms with Crippen molar-refractivity contribution < 1.29 is 4.79 Å². The second kappa shape index (κ2) is 10.2. The smallest absolute Gasteiger partial charge is 0.258 e. The number of amides is 1. The van der Waals surface area contributed by atoms with Crippen LogP contribution in [0.2, 0.25) is 0 Å². The van der Waals surface area contributed by atoms with E-state index in [4.69, 9.17) is 0 Å². The molecule has 3 aliphatic rings. The van der Waals surface area contributed by atoms with E-state index in [0.717, 1.165) is 39.7 Å². The largest absolute Gasteiger partial charge is 0.351 e. The summed E-state index contributed by atoms with van der Waals surface area (Å²) in [6.07, 6.45) is 11.4. The van der Waals surface area contributed by atoms with Crippen LogP contribution in [-0.2, 0) is 4.79 Å². The summed E-state index contributed by atoms with van der Waals surface area (Å²) in [6, 6.07) is 17.1. The van der Waals surface area contributed by atoms with Crippen LogP contribution in [0.25, 0.3) is 11.7 Å². The number of hydrogen-bond donors (Lipinski definition) is 1. The van der Waals surface area contributed by atoms with Crippen LogP contribution in [0.3, 0.4) is 0 Å². The van der Waals surface area contributed by atoms with Gasteiger partial charge in [-0.3, -0.25) is 9.20 Å². The van der Waals surface area contributed by atoms with Gasteiger partial charge in [-0.05, 0) is 93.1 Å². The SMILES string of the molecule is O=C(NCC1CCC(CN2CCC(c3ccccc3)CC2)CC1)C1=Cc2cnc3cccc(n23)S1. The molecule has 0 atom stereocenters. The Bertz CT molecular complexity index is 1200. The molecule has 2 fully saturated rings. The zero-order chi connectivity index (χ0) is 23.6. The minimum atomic E-state index is 0.0443. The number of likely N-dealkylation sites (tertiary alicyclic amines) is 1. The van der Waals surface area contributed by atoms with Gasteiger partial charge in [0.2, 0.25) is 0 Å². The molecule has 3 aromatic rings. The third-order valence-corrected chi connectivity index (χ3v) is 9.18. The minimum absolute atomic E-state index is 0.0443. The van der Waals surface area contributed by atoms with Gasteiger partial charge in [-0.15, -0.1) is 0 Å². The molecule has 0 unspecified atom stereocenters. The zero-order valence-corrected chi connectivity index (χ0v) is 21.1. The van der Waals surface area contributed by atoms with Crippen LogP contribution in [0.4, 0.5) is 0 Å². The number of rotatable bonds is 6. The number of hydrogen-bond acceptors (Lipinski definition) is 4. The lowest BCUT2D eigenvalue weighted by atomic mass is 9.81. The Morgan fingerprint density at radius 1 is 0.943 bits per heavy atom. The Morgan fingerprint density at radius 3 is 2.51 bits per heavy atom. The predicted molar refractivity (Wildman–Crippen MR) is 142 cm³/mol. The van der Waals surface area contributed by atoms with Crippen LogP contribution in [0.1, 0.15) is 55.7 Å². The molecule has 35 heavy (non-hydrogen) atoms. The molecule has 0 spiro atoms. The summed E-state index contributed by atoms with van der Waals surface area (Å²) in [5.74, 6) is 2.19. The molecule has 2 aromatic heterocycles. The van der Waals surface area contributed by atoms with Crippen molar-refractivity contribution in [1.29, 1.82) is 0 Å². The van der Waals surface area contributed by atoms with Crippen molar-refractivity contribution in [3.8, 4) is 0 Å². The van der Waals surface area contributed by atoms with Crippen LogP contribution >= 0.6 is 11.8 Å². The maximum atomic E-state index is 12.9. The highest BCUT2D eigenvalue weighted by Gasteiger charge is 2.27. The normalized spacial score (nSPS) is 23.3. The van der Waals surface area contributed by atoms with Crippen molar-refractivity contribution in [2.24, 2.45) is 11.8 Å². The van der Waals surface area contributed by atoms with Gasteiger partial charge in [0.05, 0.1) is 21.8 Å². The predicted octanol–water partition coefficient (Wildman–Crippen LogP) is 5.58. The highest BCUT2D eigenvalue weighted by Crippen LogP contribution is 2.35. The fourth-order valence-corrected chi connectivity index (χ4v) is 7.09. The number of carbonyl (C=O) groups is 1. The molecular formula is C29H34N4OS. The standard InChI is InChI=1S/C29H34N4OS/c34-29(26-17-25-19-30-27-7-4-8-28(35-26)33(25)27)31-18-21-9-11-22(12-10-21)20-32-15-13-24(14-16-32)23-5-2-1-3-6-23/h1-8,17,19,21-22,24H,9-16,18,20H2,(H,31,34). The molecule has 1 N–H and O–H groups in total. The Labute approximate surface area is 212 Å². The van der Waals surface area contributed by atoms with Crippen molar-refractivity contribution in [2.75, 3.05) is 26.2 Å². The monoisotopic (exact) mass is 486 g/mol. The van der Waals surface area contributed by atoms with E-state index in [-0.39, 0.29) is 5.91 Å². The molecule has 2 aliphatic heterocycles. The Morgan fingerprint density at radius 2 is 1.71 bits per heavy atom. The lowest BCUT2D eigenvalue weighted by molar-refractivity contribution is -0.117. The van der Waals surface area contributed by atoms with E-state index in [0.29, 0.717) is 5.92 Å². The van der Waals surface area contributed by atoms with Crippen LogP contribution < -0.4 is 5.32 Å². The van der Waals surface area contributed by atoms with Gasteiger partial charge in [-0.1, -0.05) is 48.2 Å². The molecular weight excluding hydrogens is 452 g/mol.